The summed E-state index contributed by atoms with van der Waals surface area (Å²) >= 11 is 0. The van der Waals surface area contributed by atoms with E-state index in [-0.39, 0.29) is 49.1 Å². The Hall–Kier alpha value is -1.70. The zero-order chi connectivity index (χ0) is 16.4. The van der Waals surface area contributed by atoms with Crippen molar-refractivity contribution in [2.45, 2.75) is 18.9 Å². The van der Waals surface area contributed by atoms with Crippen LogP contribution in [-0.4, -0.2) is 44.7 Å². The number of hydrogen-bond acceptors (Lipinski definition) is 4. The maximum atomic E-state index is 12.7. The number of nitrogens with one attached hydrogen (secondary N) is 2. The van der Waals surface area contributed by atoms with Gasteiger partial charge < -0.3 is 21.1 Å². The molecule has 23 heavy (non-hydrogen) atoms. The fraction of sp³-hybridized carbons (Fsp3) is 0.467. The zero-order valence-corrected chi connectivity index (χ0v) is 13.8. The fourth-order valence-electron chi connectivity index (χ4n) is 1.76. The summed E-state index contributed by atoms with van der Waals surface area (Å²) in [7, 11) is 1.51. The first-order chi connectivity index (χ1) is 10.6. The molecule has 1 unspecified atom stereocenters. The van der Waals surface area contributed by atoms with Gasteiger partial charge in [0.15, 0.2) is 0 Å². The maximum absolute atomic E-state index is 12.7. The van der Waals surface area contributed by atoms with Gasteiger partial charge in [-0.05, 0) is 30.7 Å². The molecule has 1 aromatic rings. The summed E-state index contributed by atoms with van der Waals surface area (Å²) in [6, 6.07) is 5.31. The van der Waals surface area contributed by atoms with E-state index in [1.165, 1.54) is 31.4 Å². The average Bonchev–Trinajstić information content (AvgIpc) is 2.52. The fourth-order valence-corrected chi connectivity index (χ4v) is 1.76. The van der Waals surface area contributed by atoms with Crippen LogP contribution in [0.4, 0.5) is 4.39 Å². The predicted molar refractivity (Wildman–Crippen MR) is 88.1 cm³/mol. The molecule has 0 aromatic heterocycles. The molecule has 8 heteroatoms. The molecule has 0 fully saturated rings. The minimum Gasteiger partial charge on any atom is -0.380 e. The lowest BCUT2D eigenvalue weighted by molar-refractivity contribution is -0.123. The molecule has 1 rings (SSSR count). The van der Waals surface area contributed by atoms with Crippen molar-refractivity contribution in [1.29, 1.82) is 0 Å². The number of ether oxygens (including phenoxy) is 1. The second-order valence-electron chi connectivity index (χ2n) is 4.76. The van der Waals surface area contributed by atoms with Gasteiger partial charge in [0.25, 0.3) is 5.91 Å². The molecule has 1 atom stereocenters. The number of carbonyl (C=O) groups is 2. The van der Waals surface area contributed by atoms with Crippen molar-refractivity contribution in [3.8, 4) is 0 Å². The van der Waals surface area contributed by atoms with Gasteiger partial charge in [-0.25, -0.2) is 4.39 Å². The quantitative estimate of drug-likeness (QED) is 0.577. The van der Waals surface area contributed by atoms with Crippen molar-refractivity contribution >= 4 is 24.2 Å². The average molecular weight is 348 g/mol. The lowest BCUT2D eigenvalue weighted by Crippen LogP contribution is -2.34. The number of nitrogens with two attached hydrogens (primary N) is 1. The number of methoxy groups -OCH3 is 1. The number of carbonyl (C=O) groups excluding carboxylic acids is 2. The number of benzene rings is 1. The third-order valence-electron chi connectivity index (χ3n) is 3.08. The molecule has 0 aliphatic heterocycles. The highest BCUT2D eigenvalue weighted by atomic mass is 35.5. The Balaban J connectivity index is 0.00000484. The van der Waals surface area contributed by atoms with E-state index >= 15 is 0 Å². The summed E-state index contributed by atoms with van der Waals surface area (Å²) in [4.78, 5) is 23.3. The Morgan fingerprint density at radius 3 is 2.39 bits per heavy atom. The zero-order valence-electron chi connectivity index (χ0n) is 13.0. The molecule has 4 N–H and O–H groups in total. The van der Waals surface area contributed by atoms with Crippen molar-refractivity contribution in [3.05, 3.63) is 35.6 Å². The van der Waals surface area contributed by atoms with Crippen molar-refractivity contribution in [2.24, 2.45) is 5.73 Å². The van der Waals surface area contributed by atoms with Crippen LogP contribution in [0.2, 0.25) is 0 Å². The summed E-state index contributed by atoms with van der Waals surface area (Å²) in [5.74, 6) is -0.790. The highest BCUT2D eigenvalue weighted by molar-refractivity contribution is 5.94. The van der Waals surface area contributed by atoms with Gasteiger partial charge in [-0.3, -0.25) is 9.59 Å². The molecule has 0 heterocycles. The lowest BCUT2D eigenvalue weighted by Gasteiger charge is -2.12. The molecular formula is C15H23ClFN3O3. The van der Waals surface area contributed by atoms with E-state index in [1.807, 2.05) is 0 Å². The van der Waals surface area contributed by atoms with Gasteiger partial charge in [-0.1, -0.05) is 0 Å². The summed E-state index contributed by atoms with van der Waals surface area (Å²) in [5.41, 5.74) is 5.83. The van der Waals surface area contributed by atoms with E-state index in [0.29, 0.717) is 25.1 Å². The highest BCUT2D eigenvalue weighted by Crippen LogP contribution is 2.02. The van der Waals surface area contributed by atoms with Gasteiger partial charge in [0.05, 0.1) is 12.5 Å². The monoisotopic (exact) mass is 347 g/mol. The number of rotatable bonds is 9. The van der Waals surface area contributed by atoms with Crippen LogP contribution >= 0.6 is 12.4 Å². The number of amides is 2. The van der Waals surface area contributed by atoms with Crippen molar-refractivity contribution in [3.63, 3.8) is 0 Å². The SMILES string of the molecule is COC(CN)CC(=O)NCCCNC(=O)c1ccc(F)cc1.Cl. The largest absolute Gasteiger partial charge is 0.380 e. The molecule has 130 valence electrons. The van der Waals surface area contributed by atoms with Gasteiger partial charge >= 0.3 is 0 Å². The van der Waals surface area contributed by atoms with Crippen LogP contribution in [0.1, 0.15) is 23.2 Å². The molecule has 0 saturated carbocycles. The number of halogens is 2. The van der Waals surface area contributed by atoms with E-state index in [1.54, 1.807) is 0 Å². The van der Waals surface area contributed by atoms with E-state index in [2.05, 4.69) is 10.6 Å². The summed E-state index contributed by atoms with van der Waals surface area (Å²) in [5, 5.41) is 5.43. The van der Waals surface area contributed by atoms with E-state index in [0.717, 1.165) is 0 Å². The van der Waals surface area contributed by atoms with Crippen LogP contribution in [0, 0.1) is 5.82 Å². The van der Waals surface area contributed by atoms with Gasteiger partial charge in [-0.15, -0.1) is 12.4 Å². The Bertz CT molecular complexity index is 481. The second-order valence-corrected chi connectivity index (χ2v) is 4.76. The second kappa shape index (κ2) is 11.8. The Morgan fingerprint density at radius 1 is 1.22 bits per heavy atom. The van der Waals surface area contributed by atoms with Gasteiger partial charge in [0.2, 0.25) is 5.91 Å². The van der Waals surface area contributed by atoms with E-state index in [9.17, 15) is 14.0 Å². The van der Waals surface area contributed by atoms with Crippen LogP contribution in [0.25, 0.3) is 0 Å². The van der Waals surface area contributed by atoms with Crippen LogP contribution in [0.15, 0.2) is 24.3 Å². The lowest BCUT2D eigenvalue weighted by atomic mass is 10.2. The minimum atomic E-state index is -0.383. The van der Waals surface area contributed by atoms with Crippen molar-refractivity contribution in [2.75, 3.05) is 26.7 Å². The number of hydrogen-bond donors (Lipinski definition) is 3. The Labute approximate surface area is 141 Å². The summed E-state index contributed by atoms with van der Waals surface area (Å²) < 4.78 is 17.7. The van der Waals surface area contributed by atoms with Crippen LogP contribution in [-0.2, 0) is 9.53 Å². The first-order valence-electron chi connectivity index (χ1n) is 7.10. The highest BCUT2D eigenvalue weighted by Gasteiger charge is 2.10. The molecule has 0 radical (unpaired) electrons. The minimum absolute atomic E-state index is 0. The molecule has 1 aromatic carbocycles. The van der Waals surface area contributed by atoms with Crippen LogP contribution in [0.5, 0.6) is 0 Å². The molecular weight excluding hydrogens is 325 g/mol. The Kier molecular flexibility index (Phi) is 10.9. The molecule has 0 aliphatic carbocycles. The van der Waals surface area contributed by atoms with Gasteiger partial charge in [0.1, 0.15) is 5.82 Å². The molecule has 0 saturated heterocycles. The summed E-state index contributed by atoms with van der Waals surface area (Å²) in [6.07, 6.45) is 0.534. The van der Waals surface area contributed by atoms with E-state index in [4.69, 9.17) is 10.5 Å². The third-order valence-corrected chi connectivity index (χ3v) is 3.08. The topological polar surface area (TPSA) is 93.4 Å². The first-order valence-corrected chi connectivity index (χ1v) is 7.10. The van der Waals surface area contributed by atoms with E-state index < -0.39 is 0 Å². The van der Waals surface area contributed by atoms with Gasteiger partial charge in [0, 0.05) is 32.3 Å². The maximum Gasteiger partial charge on any atom is 0.251 e. The smallest absolute Gasteiger partial charge is 0.251 e. The van der Waals surface area contributed by atoms with Gasteiger partial charge in [-0.2, -0.15) is 0 Å². The van der Waals surface area contributed by atoms with Crippen molar-refractivity contribution in [1.82, 2.24) is 10.6 Å². The molecule has 2 amide bonds. The predicted octanol–water partition coefficient (Wildman–Crippen LogP) is 0.847. The van der Waals surface area contributed by atoms with Crippen LogP contribution < -0.4 is 16.4 Å². The molecule has 0 bridgehead atoms. The normalized spacial score (nSPS) is 11.3. The first kappa shape index (κ1) is 21.3. The molecule has 6 nitrogen and oxygen atoms in total. The van der Waals surface area contributed by atoms with Crippen molar-refractivity contribution < 1.29 is 18.7 Å². The standard InChI is InChI=1S/C15H22FN3O3.ClH/c1-22-13(10-17)9-14(20)18-7-2-8-19-15(21)11-3-5-12(16)6-4-11;/h3-6,13H,2,7-10,17H2,1H3,(H,18,20)(H,19,21);1H. The Morgan fingerprint density at radius 2 is 1.83 bits per heavy atom. The summed E-state index contributed by atoms with van der Waals surface area (Å²) in [6.45, 7) is 1.16. The third kappa shape index (κ3) is 8.49. The van der Waals surface area contributed by atoms with Crippen LogP contribution in [0.3, 0.4) is 0 Å². The molecule has 0 aliphatic rings. The molecule has 0 spiro atoms.